The molecular formula is C27H35FN2O2. The highest BCUT2D eigenvalue weighted by atomic mass is 19.1. The summed E-state index contributed by atoms with van der Waals surface area (Å²) in [5.41, 5.74) is 1.08. The maximum atomic E-state index is 13.5. The highest BCUT2D eigenvalue weighted by Crippen LogP contribution is 2.40. The zero-order chi connectivity index (χ0) is 22.4. The number of ether oxygens (including phenoxy) is 1. The lowest BCUT2D eigenvalue weighted by molar-refractivity contribution is -0.122. The highest BCUT2D eigenvalue weighted by Gasteiger charge is 2.41. The van der Waals surface area contributed by atoms with E-state index >= 15 is 0 Å². The smallest absolute Gasteiger partial charge is 0.235 e. The van der Waals surface area contributed by atoms with Gasteiger partial charge in [0.05, 0.1) is 5.41 Å². The first-order chi connectivity index (χ1) is 15.5. The first-order valence-corrected chi connectivity index (χ1v) is 12.1. The summed E-state index contributed by atoms with van der Waals surface area (Å²) in [7, 11) is 0. The number of benzene rings is 2. The average molecular weight is 439 g/mol. The minimum Gasteiger partial charge on any atom is -0.492 e. The van der Waals surface area contributed by atoms with Gasteiger partial charge in [-0.05, 0) is 86.7 Å². The van der Waals surface area contributed by atoms with Gasteiger partial charge in [-0.15, -0.1) is 0 Å². The van der Waals surface area contributed by atoms with Gasteiger partial charge in [0.2, 0.25) is 5.91 Å². The first kappa shape index (κ1) is 22.8. The second-order valence-electron chi connectivity index (χ2n) is 9.50. The summed E-state index contributed by atoms with van der Waals surface area (Å²) in [5.74, 6) is 1.38. The van der Waals surface area contributed by atoms with Crippen LogP contribution in [0.5, 0.6) is 5.75 Å². The number of carbonyl (C=O) groups excluding carboxylic acids is 1. The number of amides is 1. The summed E-state index contributed by atoms with van der Waals surface area (Å²) < 4.78 is 19.4. The molecule has 172 valence electrons. The molecule has 0 atom stereocenters. The molecule has 1 aliphatic heterocycles. The molecule has 2 fully saturated rings. The molecule has 1 saturated heterocycles. The third kappa shape index (κ3) is 5.50. The number of hydrogen-bond donors (Lipinski definition) is 1. The Morgan fingerprint density at radius 1 is 1.03 bits per heavy atom. The second kappa shape index (κ2) is 10.5. The molecule has 1 amide bonds. The van der Waals surface area contributed by atoms with Crippen molar-refractivity contribution in [1.29, 1.82) is 0 Å². The molecule has 0 unspecified atom stereocenters. The molecule has 1 aliphatic carbocycles. The zero-order valence-electron chi connectivity index (χ0n) is 19.1. The van der Waals surface area contributed by atoms with E-state index in [0.29, 0.717) is 6.61 Å². The van der Waals surface area contributed by atoms with E-state index in [1.807, 2.05) is 24.3 Å². The number of anilines is 1. The Morgan fingerprint density at radius 3 is 2.34 bits per heavy atom. The molecule has 0 aromatic heterocycles. The van der Waals surface area contributed by atoms with Crippen molar-refractivity contribution in [2.24, 2.45) is 5.92 Å². The van der Waals surface area contributed by atoms with Gasteiger partial charge in [0.25, 0.3) is 0 Å². The number of halogens is 1. The SMILES string of the molecule is CC1CCN(CCOc2ccc(NC(=O)C3(c4ccc(F)cc4)CCCCC3)cc2)CC1. The first-order valence-electron chi connectivity index (χ1n) is 12.1. The van der Waals surface area contributed by atoms with Crippen LogP contribution in [0.15, 0.2) is 48.5 Å². The molecule has 1 saturated carbocycles. The number of piperidine rings is 1. The highest BCUT2D eigenvalue weighted by molar-refractivity contribution is 5.99. The number of carbonyl (C=O) groups is 1. The summed E-state index contributed by atoms with van der Waals surface area (Å²) in [6.45, 7) is 6.26. The maximum absolute atomic E-state index is 13.5. The predicted molar refractivity (Wildman–Crippen MR) is 127 cm³/mol. The molecule has 4 rings (SSSR count). The lowest BCUT2D eigenvalue weighted by Gasteiger charge is -2.36. The molecule has 1 N–H and O–H groups in total. The Bertz CT molecular complexity index is 868. The molecule has 0 spiro atoms. The second-order valence-corrected chi connectivity index (χ2v) is 9.50. The van der Waals surface area contributed by atoms with Gasteiger partial charge >= 0.3 is 0 Å². The number of likely N-dealkylation sites (tertiary alicyclic amines) is 1. The molecule has 1 heterocycles. The predicted octanol–water partition coefficient (Wildman–Crippen LogP) is 5.78. The minimum atomic E-state index is -0.590. The number of nitrogens with zero attached hydrogens (tertiary/aromatic N) is 1. The lowest BCUT2D eigenvalue weighted by Crippen LogP contribution is -2.42. The van der Waals surface area contributed by atoms with E-state index in [2.05, 4.69) is 17.1 Å². The summed E-state index contributed by atoms with van der Waals surface area (Å²) in [5, 5.41) is 3.11. The summed E-state index contributed by atoms with van der Waals surface area (Å²) >= 11 is 0. The molecule has 5 heteroatoms. The third-order valence-corrected chi connectivity index (χ3v) is 7.20. The van der Waals surface area contributed by atoms with Crippen molar-refractivity contribution >= 4 is 11.6 Å². The molecule has 0 radical (unpaired) electrons. The number of rotatable bonds is 7. The van der Waals surface area contributed by atoms with Gasteiger partial charge in [-0.2, -0.15) is 0 Å². The van der Waals surface area contributed by atoms with E-state index in [0.717, 1.165) is 74.7 Å². The molecule has 0 bridgehead atoms. The van der Waals surface area contributed by atoms with Gasteiger partial charge < -0.3 is 10.1 Å². The largest absolute Gasteiger partial charge is 0.492 e. The van der Waals surface area contributed by atoms with E-state index in [1.54, 1.807) is 12.1 Å². The van der Waals surface area contributed by atoms with Crippen LogP contribution >= 0.6 is 0 Å². The Hall–Kier alpha value is -2.40. The molecule has 2 aliphatic rings. The van der Waals surface area contributed by atoms with Gasteiger partial charge in [0.1, 0.15) is 18.2 Å². The van der Waals surface area contributed by atoms with Crippen molar-refractivity contribution in [2.45, 2.75) is 57.3 Å². The molecule has 4 nitrogen and oxygen atoms in total. The van der Waals surface area contributed by atoms with Crippen LogP contribution in [0.1, 0.15) is 57.4 Å². The van der Waals surface area contributed by atoms with Crippen LogP contribution in [0.2, 0.25) is 0 Å². The standard InChI is InChI=1S/C27H35FN2O2/c1-21-13-17-30(18-14-21)19-20-32-25-11-9-24(10-12-25)29-26(31)27(15-3-2-4-16-27)22-5-7-23(28)8-6-22/h5-12,21H,2-4,13-20H2,1H3,(H,29,31). The van der Waals surface area contributed by atoms with Gasteiger partial charge in [-0.25, -0.2) is 4.39 Å². The van der Waals surface area contributed by atoms with Crippen LogP contribution in [0.4, 0.5) is 10.1 Å². The minimum absolute atomic E-state index is 0.00296. The van der Waals surface area contributed by atoms with Crippen LogP contribution in [0, 0.1) is 11.7 Å². The average Bonchev–Trinajstić information content (AvgIpc) is 2.82. The van der Waals surface area contributed by atoms with E-state index in [4.69, 9.17) is 4.74 Å². The fourth-order valence-electron chi connectivity index (χ4n) is 5.03. The van der Waals surface area contributed by atoms with Crippen molar-refractivity contribution in [3.8, 4) is 5.75 Å². The van der Waals surface area contributed by atoms with Crippen LogP contribution in [-0.4, -0.2) is 37.0 Å². The summed E-state index contributed by atoms with van der Waals surface area (Å²) in [6, 6.07) is 14.1. The van der Waals surface area contributed by atoms with Gasteiger partial charge in [0, 0.05) is 12.2 Å². The molecule has 32 heavy (non-hydrogen) atoms. The van der Waals surface area contributed by atoms with Crippen molar-refractivity contribution in [2.75, 3.05) is 31.6 Å². The fourth-order valence-corrected chi connectivity index (χ4v) is 5.03. The monoisotopic (exact) mass is 438 g/mol. The van der Waals surface area contributed by atoms with Crippen molar-refractivity contribution in [3.63, 3.8) is 0 Å². The summed E-state index contributed by atoms with van der Waals surface area (Å²) in [6.07, 6.45) is 7.28. The fraction of sp³-hybridized carbons (Fsp3) is 0.519. The van der Waals surface area contributed by atoms with Crippen LogP contribution in [0.3, 0.4) is 0 Å². The Balaban J connectivity index is 1.34. The Morgan fingerprint density at radius 2 is 1.69 bits per heavy atom. The maximum Gasteiger partial charge on any atom is 0.235 e. The normalized spacial score (nSPS) is 19.4. The molecular weight excluding hydrogens is 403 g/mol. The van der Waals surface area contributed by atoms with Crippen LogP contribution in [0.25, 0.3) is 0 Å². The van der Waals surface area contributed by atoms with Gasteiger partial charge in [-0.3, -0.25) is 9.69 Å². The Kier molecular flexibility index (Phi) is 7.46. The van der Waals surface area contributed by atoms with E-state index in [1.165, 1.54) is 25.0 Å². The van der Waals surface area contributed by atoms with Crippen molar-refractivity contribution in [1.82, 2.24) is 4.90 Å². The molecule has 2 aromatic rings. The summed E-state index contributed by atoms with van der Waals surface area (Å²) in [4.78, 5) is 15.9. The number of hydrogen-bond acceptors (Lipinski definition) is 3. The van der Waals surface area contributed by atoms with E-state index in [-0.39, 0.29) is 11.7 Å². The third-order valence-electron chi connectivity index (χ3n) is 7.20. The topological polar surface area (TPSA) is 41.6 Å². The van der Waals surface area contributed by atoms with Crippen LogP contribution < -0.4 is 10.1 Å². The Labute approximate surface area is 191 Å². The van der Waals surface area contributed by atoms with E-state index in [9.17, 15) is 9.18 Å². The molecule has 2 aromatic carbocycles. The number of nitrogens with one attached hydrogen (secondary N) is 1. The zero-order valence-corrected chi connectivity index (χ0v) is 19.1. The van der Waals surface area contributed by atoms with E-state index < -0.39 is 5.41 Å². The lowest BCUT2D eigenvalue weighted by atomic mass is 9.68. The van der Waals surface area contributed by atoms with Crippen molar-refractivity contribution < 1.29 is 13.9 Å². The van der Waals surface area contributed by atoms with Gasteiger partial charge in [0.15, 0.2) is 0 Å². The van der Waals surface area contributed by atoms with Crippen LogP contribution in [-0.2, 0) is 10.2 Å². The van der Waals surface area contributed by atoms with Crippen molar-refractivity contribution in [3.05, 3.63) is 59.9 Å². The van der Waals surface area contributed by atoms with Gasteiger partial charge in [-0.1, -0.05) is 38.3 Å². The quantitative estimate of drug-likeness (QED) is 0.596.